The average molecular weight is 256 g/mol. The molecule has 0 fully saturated rings. The van der Waals surface area contributed by atoms with Crippen LogP contribution in [0.3, 0.4) is 0 Å². The first-order valence-electron chi connectivity index (χ1n) is 5.26. The van der Waals surface area contributed by atoms with Crippen molar-refractivity contribution in [3.05, 3.63) is 34.3 Å². The Morgan fingerprint density at radius 2 is 2.12 bits per heavy atom. The first-order chi connectivity index (χ1) is 7.97. The molecule has 0 saturated heterocycles. The lowest BCUT2D eigenvalue weighted by atomic mass is 10.1. The van der Waals surface area contributed by atoms with Crippen LogP contribution in [-0.4, -0.2) is 23.0 Å². The van der Waals surface area contributed by atoms with Gasteiger partial charge in [0.15, 0.2) is 0 Å². The van der Waals surface area contributed by atoms with Crippen LogP contribution < -0.4 is 5.32 Å². The van der Waals surface area contributed by atoms with Crippen LogP contribution in [0.25, 0.3) is 0 Å². The Hall–Kier alpha value is -1.55. The molecule has 1 aromatic rings. The third-order valence-electron chi connectivity index (χ3n) is 2.52. The van der Waals surface area contributed by atoms with Crippen molar-refractivity contribution in [2.45, 2.75) is 26.3 Å². The molecule has 0 unspecified atom stereocenters. The zero-order valence-electron chi connectivity index (χ0n) is 9.66. The standard InChI is InChI=1S/C12H14ClNO3/c1-3-10(12(16)17)14-11(15)8-5-4-6-9(13)7(8)2/h4-6,10H,3H2,1-2H3,(H,14,15)(H,16,17)/t10-/m1/s1. The van der Waals surface area contributed by atoms with Crippen molar-refractivity contribution >= 4 is 23.5 Å². The van der Waals surface area contributed by atoms with Gasteiger partial charge in [-0.05, 0) is 31.0 Å². The zero-order valence-corrected chi connectivity index (χ0v) is 10.4. The van der Waals surface area contributed by atoms with Crippen LogP contribution in [0.15, 0.2) is 18.2 Å². The molecule has 0 aliphatic rings. The van der Waals surface area contributed by atoms with Crippen molar-refractivity contribution in [2.75, 3.05) is 0 Å². The van der Waals surface area contributed by atoms with Crippen LogP contribution in [0.2, 0.25) is 5.02 Å². The van der Waals surface area contributed by atoms with E-state index in [9.17, 15) is 9.59 Å². The molecule has 4 nitrogen and oxygen atoms in total. The Balaban J connectivity index is 2.90. The summed E-state index contributed by atoms with van der Waals surface area (Å²) in [4.78, 5) is 22.7. The fourth-order valence-electron chi connectivity index (χ4n) is 1.43. The van der Waals surface area contributed by atoms with E-state index >= 15 is 0 Å². The fraction of sp³-hybridized carbons (Fsp3) is 0.333. The monoisotopic (exact) mass is 255 g/mol. The van der Waals surface area contributed by atoms with Gasteiger partial charge in [0.05, 0.1) is 0 Å². The molecule has 0 aliphatic heterocycles. The molecule has 92 valence electrons. The highest BCUT2D eigenvalue weighted by atomic mass is 35.5. The topological polar surface area (TPSA) is 66.4 Å². The number of carbonyl (C=O) groups excluding carboxylic acids is 1. The number of rotatable bonds is 4. The highest BCUT2D eigenvalue weighted by Crippen LogP contribution is 2.18. The molecule has 0 saturated carbocycles. The van der Waals surface area contributed by atoms with Gasteiger partial charge in [0.2, 0.25) is 0 Å². The lowest BCUT2D eigenvalue weighted by Gasteiger charge is -2.13. The number of carbonyl (C=O) groups is 2. The van der Waals surface area contributed by atoms with Crippen LogP contribution >= 0.6 is 11.6 Å². The van der Waals surface area contributed by atoms with Crippen molar-refractivity contribution in [3.63, 3.8) is 0 Å². The van der Waals surface area contributed by atoms with E-state index in [0.29, 0.717) is 22.6 Å². The summed E-state index contributed by atoms with van der Waals surface area (Å²) in [7, 11) is 0. The van der Waals surface area contributed by atoms with Gasteiger partial charge in [0, 0.05) is 10.6 Å². The van der Waals surface area contributed by atoms with Crippen molar-refractivity contribution in [1.29, 1.82) is 0 Å². The number of carboxylic acids is 1. The Bertz CT molecular complexity index is 445. The van der Waals surface area contributed by atoms with Gasteiger partial charge in [-0.1, -0.05) is 24.6 Å². The summed E-state index contributed by atoms with van der Waals surface area (Å²) < 4.78 is 0. The molecule has 1 rings (SSSR count). The van der Waals surface area contributed by atoms with Gasteiger partial charge in [-0.3, -0.25) is 4.79 Å². The van der Waals surface area contributed by atoms with Crippen molar-refractivity contribution < 1.29 is 14.7 Å². The molecule has 0 heterocycles. The summed E-state index contributed by atoms with van der Waals surface area (Å²) >= 11 is 5.89. The molecule has 1 atom stereocenters. The number of benzene rings is 1. The summed E-state index contributed by atoms with van der Waals surface area (Å²) in [6.45, 7) is 3.42. The molecule has 1 aromatic carbocycles. The second-order valence-corrected chi connectivity index (χ2v) is 4.09. The van der Waals surface area contributed by atoms with Gasteiger partial charge >= 0.3 is 5.97 Å². The third-order valence-corrected chi connectivity index (χ3v) is 2.93. The van der Waals surface area contributed by atoms with E-state index in [4.69, 9.17) is 16.7 Å². The number of aliphatic carboxylic acids is 1. The minimum atomic E-state index is -1.04. The predicted molar refractivity (Wildman–Crippen MR) is 65.4 cm³/mol. The molecule has 1 amide bonds. The van der Waals surface area contributed by atoms with Crippen molar-refractivity contribution in [2.24, 2.45) is 0 Å². The van der Waals surface area contributed by atoms with Crippen LogP contribution in [0, 0.1) is 6.92 Å². The summed E-state index contributed by atoms with van der Waals surface area (Å²) in [6.07, 6.45) is 0.334. The molecule has 0 bridgehead atoms. The normalized spacial score (nSPS) is 11.9. The van der Waals surface area contributed by atoms with Gasteiger partial charge in [-0.25, -0.2) is 4.79 Å². The molecule has 0 aromatic heterocycles. The molecule has 0 radical (unpaired) electrons. The number of amides is 1. The molecule has 5 heteroatoms. The lowest BCUT2D eigenvalue weighted by Crippen LogP contribution is -2.40. The maximum atomic E-state index is 11.9. The van der Waals surface area contributed by atoms with E-state index < -0.39 is 17.9 Å². The first-order valence-corrected chi connectivity index (χ1v) is 5.64. The van der Waals surface area contributed by atoms with E-state index in [1.54, 1.807) is 32.0 Å². The molecular weight excluding hydrogens is 242 g/mol. The second-order valence-electron chi connectivity index (χ2n) is 3.68. The SMILES string of the molecule is CC[C@@H](NC(=O)c1cccc(Cl)c1C)C(=O)O. The van der Waals surface area contributed by atoms with Gasteiger partial charge in [0.1, 0.15) is 6.04 Å². The number of carboxylic acid groups (broad SMARTS) is 1. The van der Waals surface area contributed by atoms with Crippen molar-refractivity contribution in [3.8, 4) is 0 Å². The summed E-state index contributed by atoms with van der Waals surface area (Å²) in [5.41, 5.74) is 1.05. The third kappa shape index (κ3) is 3.20. The predicted octanol–water partition coefficient (Wildman–Crippen LogP) is 2.24. The van der Waals surface area contributed by atoms with E-state index in [0.717, 1.165) is 0 Å². The average Bonchev–Trinajstić information content (AvgIpc) is 2.28. The smallest absolute Gasteiger partial charge is 0.326 e. The number of halogens is 1. The van der Waals surface area contributed by atoms with Crippen LogP contribution in [0.5, 0.6) is 0 Å². The Kier molecular flexibility index (Phi) is 4.52. The van der Waals surface area contributed by atoms with Crippen molar-refractivity contribution in [1.82, 2.24) is 5.32 Å². The maximum absolute atomic E-state index is 11.9. The van der Waals surface area contributed by atoms with Gasteiger partial charge in [-0.15, -0.1) is 0 Å². The summed E-state index contributed by atoms with van der Waals surface area (Å²) in [6, 6.07) is 4.08. The number of hydrogen-bond acceptors (Lipinski definition) is 2. The Morgan fingerprint density at radius 3 is 2.65 bits per heavy atom. The maximum Gasteiger partial charge on any atom is 0.326 e. The van der Waals surface area contributed by atoms with E-state index in [1.807, 2.05) is 0 Å². The highest BCUT2D eigenvalue weighted by Gasteiger charge is 2.19. The van der Waals surface area contributed by atoms with Crippen LogP contribution in [-0.2, 0) is 4.79 Å². The molecule has 0 aliphatic carbocycles. The van der Waals surface area contributed by atoms with Gasteiger partial charge < -0.3 is 10.4 Å². The van der Waals surface area contributed by atoms with E-state index in [-0.39, 0.29) is 0 Å². The molecular formula is C12H14ClNO3. The summed E-state index contributed by atoms with van der Waals surface area (Å²) in [5.74, 6) is -1.46. The Morgan fingerprint density at radius 1 is 1.47 bits per heavy atom. The number of nitrogens with one attached hydrogen (secondary N) is 1. The van der Waals surface area contributed by atoms with Gasteiger partial charge in [-0.2, -0.15) is 0 Å². The Labute approximate surface area is 105 Å². The molecule has 0 spiro atoms. The van der Waals surface area contributed by atoms with Gasteiger partial charge in [0.25, 0.3) is 5.91 Å². The van der Waals surface area contributed by atoms with Crippen LogP contribution in [0.1, 0.15) is 29.3 Å². The first kappa shape index (κ1) is 13.5. The lowest BCUT2D eigenvalue weighted by molar-refractivity contribution is -0.139. The molecule has 17 heavy (non-hydrogen) atoms. The quantitative estimate of drug-likeness (QED) is 0.867. The minimum Gasteiger partial charge on any atom is -0.480 e. The number of hydrogen-bond donors (Lipinski definition) is 2. The largest absolute Gasteiger partial charge is 0.480 e. The molecule has 2 N–H and O–H groups in total. The van der Waals surface area contributed by atoms with Crippen LogP contribution in [0.4, 0.5) is 0 Å². The second kappa shape index (κ2) is 5.68. The van der Waals surface area contributed by atoms with E-state index in [2.05, 4.69) is 5.32 Å². The fourth-order valence-corrected chi connectivity index (χ4v) is 1.60. The summed E-state index contributed by atoms with van der Waals surface area (Å²) in [5, 5.41) is 11.8. The van der Waals surface area contributed by atoms with E-state index in [1.165, 1.54) is 0 Å². The zero-order chi connectivity index (χ0) is 13.0. The highest BCUT2D eigenvalue weighted by molar-refractivity contribution is 6.31. The minimum absolute atomic E-state index is 0.334.